The zero-order valence-corrected chi connectivity index (χ0v) is 8.60. The molecule has 14 heavy (non-hydrogen) atoms. The van der Waals surface area contributed by atoms with Gasteiger partial charge >= 0.3 is 0 Å². The zero-order valence-electron chi connectivity index (χ0n) is 8.60. The van der Waals surface area contributed by atoms with E-state index in [0.717, 1.165) is 18.7 Å². The second-order valence-corrected chi connectivity index (χ2v) is 3.06. The number of hydrogen-bond acceptors (Lipinski definition) is 5. The van der Waals surface area contributed by atoms with Crippen molar-refractivity contribution < 1.29 is 4.74 Å². The van der Waals surface area contributed by atoms with Gasteiger partial charge in [-0.25, -0.2) is 10.1 Å². The molecule has 80 valence electrons. The molecular formula is C8H17N5O. The minimum absolute atomic E-state index is 0.0541. The van der Waals surface area contributed by atoms with Crippen molar-refractivity contribution >= 4 is 0 Å². The molecule has 0 bridgehead atoms. The van der Waals surface area contributed by atoms with Crippen LogP contribution in [0, 0.1) is 0 Å². The zero-order chi connectivity index (χ0) is 10.4. The number of hydrogen-bond donors (Lipinski definition) is 2. The molecule has 3 N–H and O–H groups in total. The topological polar surface area (TPSA) is 78.0 Å². The summed E-state index contributed by atoms with van der Waals surface area (Å²) in [5.41, 5.74) is 3.63. The molecule has 1 aromatic rings. The molecule has 6 heteroatoms. The second kappa shape index (κ2) is 5.69. The van der Waals surface area contributed by atoms with Crippen molar-refractivity contribution in [3.8, 4) is 0 Å². The molecule has 0 aromatic carbocycles. The average molecular weight is 199 g/mol. The van der Waals surface area contributed by atoms with Crippen molar-refractivity contribution in [2.75, 3.05) is 13.7 Å². The summed E-state index contributed by atoms with van der Waals surface area (Å²) in [6, 6.07) is -0.0541. The number of aryl methyl sites for hydroxylation is 1. The van der Waals surface area contributed by atoms with Crippen LogP contribution < -0.4 is 11.3 Å². The van der Waals surface area contributed by atoms with Gasteiger partial charge in [0.25, 0.3) is 0 Å². The number of methoxy groups -OCH3 is 1. The second-order valence-electron chi connectivity index (χ2n) is 3.06. The van der Waals surface area contributed by atoms with Crippen LogP contribution in [0.2, 0.25) is 0 Å². The molecule has 0 amide bonds. The van der Waals surface area contributed by atoms with Crippen LogP contribution in [0.25, 0.3) is 0 Å². The first-order chi connectivity index (χ1) is 6.83. The number of nitrogens with zero attached hydrogens (tertiary/aromatic N) is 3. The van der Waals surface area contributed by atoms with E-state index in [-0.39, 0.29) is 6.04 Å². The van der Waals surface area contributed by atoms with Crippen LogP contribution in [0.5, 0.6) is 0 Å². The lowest BCUT2D eigenvalue weighted by Gasteiger charge is -2.15. The molecule has 0 aliphatic carbocycles. The Morgan fingerprint density at radius 1 is 1.71 bits per heavy atom. The molecule has 0 saturated heterocycles. The maximum atomic E-state index is 5.42. The first kappa shape index (κ1) is 11.1. The van der Waals surface area contributed by atoms with Gasteiger partial charge in [0.1, 0.15) is 0 Å². The van der Waals surface area contributed by atoms with E-state index in [4.69, 9.17) is 10.6 Å². The van der Waals surface area contributed by atoms with Gasteiger partial charge in [-0.3, -0.25) is 5.84 Å². The van der Waals surface area contributed by atoms with E-state index >= 15 is 0 Å². The maximum Gasteiger partial charge on any atom is 0.0878 e. The lowest BCUT2D eigenvalue weighted by Crippen LogP contribution is -2.32. The summed E-state index contributed by atoms with van der Waals surface area (Å²) in [5.74, 6) is 5.42. The Bertz CT molecular complexity index is 262. The average Bonchev–Trinajstić information content (AvgIpc) is 2.63. The Morgan fingerprint density at radius 2 is 2.50 bits per heavy atom. The van der Waals surface area contributed by atoms with Gasteiger partial charge < -0.3 is 4.74 Å². The molecule has 0 aliphatic rings. The van der Waals surface area contributed by atoms with Crippen molar-refractivity contribution in [1.29, 1.82) is 0 Å². The van der Waals surface area contributed by atoms with Crippen LogP contribution in [0.15, 0.2) is 6.20 Å². The molecule has 0 fully saturated rings. The number of nitrogens with one attached hydrogen (secondary N) is 1. The molecule has 1 atom stereocenters. The van der Waals surface area contributed by atoms with Crippen LogP contribution in [0.3, 0.4) is 0 Å². The van der Waals surface area contributed by atoms with E-state index in [1.807, 2.05) is 4.68 Å². The van der Waals surface area contributed by atoms with Gasteiger partial charge in [-0.2, -0.15) is 0 Å². The highest BCUT2D eigenvalue weighted by atomic mass is 16.5. The molecular weight excluding hydrogens is 182 g/mol. The van der Waals surface area contributed by atoms with Crippen molar-refractivity contribution in [1.82, 2.24) is 20.4 Å². The summed E-state index contributed by atoms with van der Waals surface area (Å²) in [5, 5.41) is 7.83. The molecule has 1 rings (SSSR count). The fourth-order valence-corrected chi connectivity index (χ4v) is 1.31. The van der Waals surface area contributed by atoms with Gasteiger partial charge in [0.15, 0.2) is 0 Å². The molecule has 1 aromatic heterocycles. The number of aromatic nitrogens is 3. The fraction of sp³-hybridized carbons (Fsp3) is 0.750. The van der Waals surface area contributed by atoms with E-state index in [1.54, 1.807) is 13.3 Å². The molecule has 1 unspecified atom stereocenters. The quantitative estimate of drug-likeness (QED) is 0.491. The molecule has 0 aliphatic heterocycles. The first-order valence-corrected chi connectivity index (χ1v) is 4.67. The van der Waals surface area contributed by atoms with Crippen molar-refractivity contribution in [3.63, 3.8) is 0 Å². The molecule has 0 radical (unpaired) electrons. The normalized spacial score (nSPS) is 13.1. The number of ether oxygens (including phenoxy) is 1. The fourth-order valence-electron chi connectivity index (χ4n) is 1.31. The highest BCUT2D eigenvalue weighted by Gasteiger charge is 2.14. The number of rotatable bonds is 6. The Hall–Kier alpha value is -0.980. The summed E-state index contributed by atoms with van der Waals surface area (Å²) in [4.78, 5) is 0. The Balaban J connectivity index is 2.74. The van der Waals surface area contributed by atoms with Crippen molar-refractivity contribution in [2.45, 2.75) is 25.9 Å². The van der Waals surface area contributed by atoms with E-state index in [9.17, 15) is 0 Å². The number of nitrogens with two attached hydrogens (primary N) is 1. The van der Waals surface area contributed by atoms with Gasteiger partial charge in [0.05, 0.1) is 24.5 Å². The summed E-state index contributed by atoms with van der Waals surface area (Å²) in [6.45, 7) is 3.44. The third-order valence-electron chi connectivity index (χ3n) is 1.97. The van der Waals surface area contributed by atoms with Gasteiger partial charge in [0, 0.05) is 13.7 Å². The summed E-state index contributed by atoms with van der Waals surface area (Å²) in [7, 11) is 1.64. The summed E-state index contributed by atoms with van der Waals surface area (Å²) < 4.78 is 6.88. The minimum Gasteiger partial charge on any atom is -0.383 e. The van der Waals surface area contributed by atoms with Gasteiger partial charge in [-0.1, -0.05) is 12.1 Å². The Labute approximate surface area is 83.4 Å². The Kier molecular flexibility index (Phi) is 4.51. The molecule has 0 spiro atoms. The van der Waals surface area contributed by atoms with Gasteiger partial charge in [0.2, 0.25) is 0 Å². The minimum atomic E-state index is -0.0541. The third-order valence-corrected chi connectivity index (χ3v) is 1.97. The highest BCUT2D eigenvalue weighted by Crippen LogP contribution is 2.10. The standard InChI is InChI=1S/C8H17N5O/c1-3-4-13-8(5-10-12-13)7(11-9)6-14-2/h5,7,11H,3-4,6,9H2,1-2H3. The SMILES string of the molecule is CCCn1nncc1C(COC)NN. The van der Waals surface area contributed by atoms with E-state index < -0.39 is 0 Å². The Morgan fingerprint density at radius 3 is 3.07 bits per heavy atom. The van der Waals surface area contributed by atoms with E-state index in [2.05, 4.69) is 22.7 Å². The lowest BCUT2D eigenvalue weighted by atomic mass is 10.2. The monoisotopic (exact) mass is 199 g/mol. The van der Waals surface area contributed by atoms with Crippen LogP contribution in [-0.2, 0) is 11.3 Å². The van der Waals surface area contributed by atoms with Gasteiger partial charge in [-0.15, -0.1) is 5.10 Å². The van der Waals surface area contributed by atoms with Crippen molar-refractivity contribution in [3.05, 3.63) is 11.9 Å². The van der Waals surface area contributed by atoms with Crippen LogP contribution in [-0.4, -0.2) is 28.7 Å². The number of hydrazine groups is 1. The predicted molar refractivity (Wildman–Crippen MR) is 52.3 cm³/mol. The van der Waals surface area contributed by atoms with Gasteiger partial charge in [-0.05, 0) is 6.42 Å². The van der Waals surface area contributed by atoms with Crippen LogP contribution in [0.4, 0.5) is 0 Å². The maximum absolute atomic E-state index is 5.42. The van der Waals surface area contributed by atoms with Crippen molar-refractivity contribution in [2.24, 2.45) is 5.84 Å². The van der Waals surface area contributed by atoms with Crippen LogP contribution in [0.1, 0.15) is 25.1 Å². The third kappa shape index (κ3) is 2.50. The van der Waals surface area contributed by atoms with E-state index in [0.29, 0.717) is 6.61 Å². The summed E-state index contributed by atoms with van der Waals surface area (Å²) >= 11 is 0. The molecule has 1 heterocycles. The first-order valence-electron chi connectivity index (χ1n) is 4.67. The summed E-state index contributed by atoms with van der Waals surface area (Å²) in [6.07, 6.45) is 2.72. The molecule has 0 saturated carbocycles. The molecule has 6 nitrogen and oxygen atoms in total. The smallest absolute Gasteiger partial charge is 0.0878 e. The highest BCUT2D eigenvalue weighted by molar-refractivity contribution is 5.01. The van der Waals surface area contributed by atoms with E-state index in [1.165, 1.54) is 0 Å². The largest absolute Gasteiger partial charge is 0.383 e. The lowest BCUT2D eigenvalue weighted by molar-refractivity contribution is 0.163. The van der Waals surface area contributed by atoms with Crippen LogP contribution >= 0.6 is 0 Å². The predicted octanol–water partition coefficient (Wildman–Crippen LogP) is -0.161.